The van der Waals surface area contributed by atoms with Gasteiger partial charge in [-0.2, -0.15) is 10.5 Å². The van der Waals surface area contributed by atoms with Gasteiger partial charge >= 0.3 is 0 Å². The highest BCUT2D eigenvalue weighted by Gasteiger charge is 2.28. The summed E-state index contributed by atoms with van der Waals surface area (Å²) in [5.74, 6) is 2.15. The second-order valence-corrected chi connectivity index (χ2v) is 4.36. The Morgan fingerprint density at radius 2 is 1.89 bits per heavy atom. The Bertz CT molecular complexity index is 519. The van der Waals surface area contributed by atoms with Crippen LogP contribution in [0.4, 0.5) is 11.6 Å². The molecule has 1 aliphatic carbocycles. The summed E-state index contributed by atoms with van der Waals surface area (Å²) in [6.07, 6.45) is 2.16. The van der Waals surface area contributed by atoms with Crippen LogP contribution in [0.25, 0.3) is 0 Å². The molecule has 2 rings (SSSR count). The molecular weight excluding hydrogens is 228 g/mol. The summed E-state index contributed by atoms with van der Waals surface area (Å²) in [6, 6.07) is 4.07. The SMILES string of the molecule is Cc1c(N)nc(C2CC2)nc1N(CC#N)CC#N. The van der Waals surface area contributed by atoms with E-state index in [0.717, 1.165) is 24.2 Å². The molecule has 0 saturated heterocycles. The van der Waals surface area contributed by atoms with E-state index in [2.05, 4.69) is 9.97 Å². The summed E-state index contributed by atoms with van der Waals surface area (Å²) in [5.41, 5.74) is 6.60. The Kier molecular flexibility index (Phi) is 3.29. The molecule has 1 heterocycles. The molecule has 6 nitrogen and oxygen atoms in total. The molecule has 0 aliphatic heterocycles. The zero-order valence-electron chi connectivity index (χ0n) is 10.2. The van der Waals surface area contributed by atoms with Crippen molar-refractivity contribution in [2.75, 3.05) is 23.7 Å². The number of nitrogen functional groups attached to an aromatic ring is 1. The van der Waals surface area contributed by atoms with Crippen molar-refractivity contribution < 1.29 is 0 Å². The first-order chi connectivity index (χ1) is 8.67. The highest BCUT2D eigenvalue weighted by molar-refractivity contribution is 5.57. The lowest BCUT2D eigenvalue weighted by Crippen LogP contribution is -2.26. The summed E-state index contributed by atoms with van der Waals surface area (Å²) < 4.78 is 0. The molecule has 0 spiro atoms. The molecule has 1 saturated carbocycles. The van der Waals surface area contributed by atoms with Crippen LogP contribution in [-0.2, 0) is 0 Å². The molecule has 1 aliphatic rings. The maximum Gasteiger partial charge on any atom is 0.139 e. The largest absolute Gasteiger partial charge is 0.383 e. The Hall–Kier alpha value is -2.34. The highest BCUT2D eigenvalue weighted by atomic mass is 15.2. The molecule has 92 valence electrons. The van der Waals surface area contributed by atoms with E-state index < -0.39 is 0 Å². The molecule has 0 bridgehead atoms. The van der Waals surface area contributed by atoms with E-state index in [1.54, 1.807) is 4.90 Å². The third-order valence-electron chi connectivity index (χ3n) is 2.94. The van der Waals surface area contributed by atoms with Crippen LogP contribution in [0, 0.1) is 29.6 Å². The standard InChI is InChI=1S/C12H14N6/c1-8-10(15)16-11(9-2-3-9)17-12(8)18(6-4-13)7-5-14/h9H,2-3,6-7H2,1H3,(H2,15,16,17). The minimum absolute atomic E-state index is 0.120. The van der Waals surface area contributed by atoms with Gasteiger partial charge in [-0.05, 0) is 19.8 Å². The van der Waals surface area contributed by atoms with E-state index in [4.69, 9.17) is 16.3 Å². The molecule has 1 aromatic rings. The number of nitrogens with zero attached hydrogens (tertiary/aromatic N) is 5. The van der Waals surface area contributed by atoms with E-state index >= 15 is 0 Å². The van der Waals surface area contributed by atoms with Crippen LogP contribution in [0.2, 0.25) is 0 Å². The van der Waals surface area contributed by atoms with Gasteiger partial charge in [0.1, 0.15) is 30.5 Å². The first kappa shape index (κ1) is 12.1. The minimum Gasteiger partial charge on any atom is -0.383 e. The maximum atomic E-state index is 8.80. The molecule has 1 aromatic heterocycles. The van der Waals surface area contributed by atoms with Crippen LogP contribution < -0.4 is 10.6 Å². The zero-order valence-corrected chi connectivity index (χ0v) is 10.2. The summed E-state index contributed by atoms with van der Waals surface area (Å²) in [7, 11) is 0. The molecule has 0 unspecified atom stereocenters. The Labute approximate surface area is 106 Å². The fourth-order valence-corrected chi connectivity index (χ4v) is 1.75. The van der Waals surface area contributed by atoms with Gasteiger partial charge in [-0.15, -0.1) is 0 Å². The third-order valence-corrected chi connectivity index (χ3v) is 2.94. The lowest BCUT2D eigenvalue weighted by molar-refractivity contribution is 0.865. The van der Waals surface area contributed by atoms with E-state index in [9.17, 15) is 0 Å². The van der Waals surface area contributed by atoms with Gasteiger partial charge in [-0.25, -0.2) is 9.97 Å². The average molecular weight is 242 g/mol. The number of nitrogens with two attached hydrogens (primary N) is 1. The van der Waals surface area contributed by atoms with Crippen molar-refractivity contribution in [3.63, 3.8) is 0 Å². The number of hydrogen-bond acceptors (Lipinski definition) is 6. The summed E-state index contributed by atoms with van der Waals surface area (Å²) in [4.78, 5) is 10.4. The van der Waals surface area contributed by atoms with Gasteiger partial charge in [0.2, 0.25) is 0 Å². The van der Waals surface area contributed by atoms with Crippen LogP contribution in [-0.4, -0.2) is 23.1 Å². The number of nitriles is 2. The second-order valence-electron chi connectivity index (χ2n) is 4.36. The van der Waals surface area contributed by atoms with Crippen molar-refractivity contribution in [2.45, 2.75) is 25.7 Å². The number of aromatic nitrogens is 2. The summed E-state index contributed by atoms with van der Waals surface area (Å²) in [6.45, 7) is 2.05. The van der Waals surface area contributed by atoms with Gasteiger partial charge in [-0.3, -0.25) is 0 Å². The smallest absolute Gasteiger partial charge is 0.139 e. The molecule has 0 aromatic carbocycles. The number of hydrogen-bond donors (Lipinski definition) is 1. The topological polar surface area (TPSA) is 103 Å². The first-order valence-corrected chi connectivity index (χ1v) is 5.80. The van der Waals surface area contributed by atoms with Crippen LogP contribution in [0.3, 0.4) is 0 Å². The van der Waals surface area contributed by atoms with Gasteiger partial charge in [0.05, 0.1) is 12.1 Å². The van der Waals surface area contributed by atoms with Crippen molar-refractivity contribution in [3.05, 3.63) is 11.4 Å². The molecule has 0 amide bonds. The third kappa shape index (κ3) is 2.33. The Morgan fingerprint density at radius 3 is 2.39 bits per heavy atom. The quantitative estimate of drug-likeness (QED) is 0.793. The van der Waals surface area contributed by atoms with Crippen LogP contribution in [0.5, 0.6) is 0 Å². The van der Waals surface area contributed by atoms with Gasteiger partial charge < -0.3 is 10.6 Å². The fraction of sp³-hybridized carbons (Fsp3) is 0.500. The Balaban J connectivity index is 2.40. The predicted octanol–water partition coefficient (Wildman–Crippen LogP) is 1.10. The molecule has 6 heteroatoms. The Morgan fingerprint density at radius 1 is 1.28 bits per heavy atom. The monoisotopic (exact) mass is 242 g/mol. The van der Waals surface area contributed by atoms with Crippen LogP contribution in [0.1, 0.15) is 30.1 Å². The van der Waals surface area contributed by atoms with Gasteiger partial charge in [-0.1, -0.05) is 0 Å². The van der Waals surface area contributed by atoms with E-state index in [1.807, 2.05) is 19.1 Å². The molecule has 1 fully saturated rings. The summed E-state index contributed by atoms with van der Waals surface area (Å²) >= 11 is 0. The predicted molar refractivity (Wildman–Crippen MR) is 66.6 cm³/mol. The molecular formula is C12H14N6. The minimum atomic E-state index is 0.120. The van der Waals surface area contributed by atoms with Crippen LogP contribution >= 0.6 is 0 Å². The lowest BCUT2D eigenvalue weighted by Gasteiger charge is -2.20. The highest BCUT2D eigenvalue weighted by Crippen LogP contribution is 2.39. The van der Waals surface area contributed by atoms with E-state index in [-0.39, 0.29) is 13.1 Å². The average Bonchev–Trinajstić information content (AvgIpc) is 3.16. The molecule has 2 N–H and O–H groups in total. The first-order valence-electron chi connectivity index (χ1n) is 5.80. The van der Waals surface area contributed by atoms with Gasteiger partial charge in [0, 0.05) is 11.5 Å². The van der Waals surface area contributed by atoms with Gasteiger partial charge in [0.25, 0.3) is 0 Å². The van der Waals surface area contributed by atoms with Crippen molar-refractivity contribution in [1.29, 1.82) is 10.5 Å². The van der Waals surface area contributed by atoms with Crippen molar-refractivity contribution in [2.24, 2.45) is 0 Å². The number of anilines is 2. The number of rotatable bonds is 4. The van der Waals surface area contributed by atoms with Gasteiger partial charge in [0.15, 0.2) is 0 Å². The van der Waals surface area contributed by atoms with E-state index in [1.165, 1.54) is 0 Å². The van der Waals surface area contributed by atoms with Crippen molar-refractivity contribution in [3.8, 4) is 12.1 Å². The van der Waals surface area contributed by atoms with E-state index in [0.29, 0.717) is 17.6 Å². The van der Waals surface area contributed by atoms with Crippen molar-refractivity contribution >= 4 is 11.6 Å². The normalized spacial score (nSPS) is 13.7. The van der Waals surface area contributed by atoms with Crippen LogP contribution in [0.15, 0.2) is 0 Å². The molecule has 0 atom stereocenters. The maximum absolute atomic E-state index is 8.80. The second kappa shape index (κ2) is 4.89. The summed E-state index contributed by atoms with van der Waals surface area (Å²) in [5, 5.41) is 17.6. The fourth-order valence-electron chi connectivity index (χ4n) is 1.75. The molecule has 18 heavy (non-hydrogen) atoms. The van der Waals surface area contributed by atoms with Crippen molar-refractivity contribution in [1.82, 2.24) is 9.97 Å². The molecule has 0 radical (unpaired) electrons. The lowest BCUT2D eigenvalue weighted by atomic mass is 10.2. The zero-order chi connectivity index (χ0) is 13.1.